The van der Waals surface area contributed by atoms with Gasteiger partial charge in [-0.05, 0) is 84.5 Å². The van der Waals surface area contributed by atoms with Crippen LogP contribution < -0.4 is 24.4 Å². The first-order valence-electron chi connectivity index (χ1n) is 12.6. The Hall–Kier alpha value is -5.55. The molecule has 1 N–H and O–H groups in total. The van der Waals surface area contributed by atoms with Crippen molar-refractivity contribution in [2.45, 2.75) is 6.61 Å². The maximum absolute atomic E-state index is 13.5. The lowest BCUT2D eigenvalue weighted by atomic mass is 10.0. The maximum atomic E-state index is 13.5. The first kappa shape index (κ1) is 28.0. The van der Waals surface area contributed by atoms with Crippen LogP contribution in [0.2, 0.25) is 0 Å². The number of nitro groups is 1. The van der Waals surface area contributed by atoms with Crippen molar-refractivity contribution in [3.63, 3.8) is 0 Å². The molecule has 11 heteroatoms. The van der Waals surface area contributed by atoms with E-state index in [0.29, 0.717) is 39.8 Å². The molecule has 0 radical (unpaired) electrons. The van der Waals surface area contributed by atoms with Gasteiger partial charge in [-0.25, -0.2) is 0 Å². The summed E-state index contributed by atoms with van der Waals surface area (Å²) in [5.41, 5.74) is 1.49. The van der Waals surface area contributed by atoms with E-state index in [-0.39, 0.29) is 23.0 Å². The number of amides is 2. The van der Waals surface area contributed by atoms with Gasteiger partial charge < -0.3 is 14.2 Å². The summed E-state index contributed by atoms with van der Waals surface area (Å²) in [5.74, 6) is 0.993. The molecule has 0 spiro atoms. The molecule has 42 heavy (non-hydrogen) atoms. The van der Waals surface area contributed by atoms with Crippen LogP contribution in [-0.2, 0) is 16.2 Å². The Kier molecular flexibility index (Phi) is 8.21. The highest BCUT2D eigenvalue weighted by atomic mass is 32.1. The summed E-state index contributed by atoms with van der Waals surface area (Å²) in [6, 6.07) is 26.9. The monoisotopic (exact) mass is 581 g/mol. The van der Waals surface area contributed by atoms with Gasteiger partial charge in [-0.2, -0.15) is 0 Å². The number of benzene rings is 4. The molecule has 1 aliphatic heterocycles. The van der Waals surface area contributed by atoms with Gasteiger partial charge in [0.1, 0.15) is 35.2 Å². The summed E-state index contributed by atoms with van der Waals surface area (Å²) in [6.45, 7) is 0.0752. The number of nitro benzene ring substituents is 1. The number of methoxy groups -OCH3 is 1. The molecular formula is C31H23N3O7S. The third-order valence-electron chi connectivity index (χ3n) is 6.23. The molecule has 0 saturated carbocycles. The van der Waals surface area contributed by atoms with Crippen LogP contribution in [0.15, 0.2) is 103 Å². The van der Waals surface area contributed by atoms with E-state index < -0.39 is 16.7 Å². The first-order valence-corrected chi connectivity index (χ1v) is 13.0. The average Bonchev–Trinajstić information content (AvgIpc) is 2.99. The zero-order valence-electron chi connectivity index (χ0n) is 22.2. The first-order chi connectivity index (χ1) is 20.3. The van der Waals surface area contributed by atoms with Crippen molar-refractivity contribution in [1.82, 2.24) is 5.32 Å². The molecule has 210 valence electrons. The van der Waals surface area contributed by atoms with E-state index in [1.54, 1.807) is 42.5 Å². The predicted octanol–water partition coefficient (Wildman–Crippen LogP) is 5.81. The molecule has 0 aliphatic carbocycles. The van der Waals surface area contributed by atoms with Crippen LogP contribution in [0.3, 0.4) is 0 Å². The minimum atomic E-state index is -0.621. The number of rotatable bonds is 9. The molecule has 4 aromatic rings. The number of hydrogen-bond acceptors (Lipinski definition) is 8. The number of carbonyl (C=O) groups excluding carboxylic acids is 2. The van der Waals surface area contributed by atoms with E-state index in [1.807, 2.05) is 30.3 Å². The number of para-hydroxylation sites is 1. The van der Waals surface area contributed by atoms with Crippen molar-refractivity contribution >= 4 is 46.6 Å². The Bertz CT molecular complexity index is 1690. The van der Waals surface area contributed by atoms with Crippen LogP contribution in [0.5, 0.6) is 23.0 Å². The van der Waals surface area contributed by atoms with Gasteiger partial charge in [0.05, 0.1) is 17.7 Å². The Morgan fingerprint density at radius 2 is 1.57 bits per heavy atom. The van der Waals surface area contributed by atoms with Gasteiger partial charge >= 0.3 is 0 Å². The number of hydrogen-bond donors (Lipinski definition) is 1. The van der Waals surface area contributed by atoms with Crippen molar-refractivity contribution in [3.05, 3.63) is 124 Å². The highest BCUT2D eigenvalue weighted by Gasteiger charge is 2.34. The van der Waals surface area contributed by atoms with E-state index in [1.165, 1.54) is 42.4 Å². The Morgan fingerprint density at radius 1 is 0.905 bits per heavy atom. The van der Waals surface area contributed by atoms with Crippen molar-refractivity contribution in [2.24, 2.45) is 0 Å². The molecule has 2 amide bonds. The fourth-order valence-corrected chi connectivity index (χ4v) is 4.45. The number of anilines is 1. The molecule has 1 saturated heterocycles. The number of carbonyl (C=O) groups is 2. The quantitative estimate of drug-likeness (QED) is 0.0865. The van der Waals surface area contributed by atoms with Crippen molar-refractivity contribution in [1.29, 1.82) is 0 Å². The third-order valence-corrected chi connectivity index (χ3v) is 6.52. The van der Waals surface area contributed by atoms with Crippen LogP contribution in [0.25, 0.3) is 6.08 Å². The standard InChI is InChI=1S/C31H23N3O7S/c1-39-28-16-7-20(17-21(28)19-40-24-12-10-23(11-13-24)34(37)38)18-27-29(35)32-31(42)33(30(27)36)22-8-14-26(15-9-22)41-25-5-3-2-4-6-25/h2-18H,19H2,1H3,(H,32,35,42). The fraction of sp³-hybridized carbons (Fsp3) is 0.0645. The normalized spacial score (nSPS) is 14.0. The lowest BCUT2D eigenvalue weighted by molar-refractivity contribution is -0.384. The van der Waals surface area contributed by atoms with Crippen LogP contribution in [-0.4, -0.2) is 29.0 Å². The van der Waals surface area contributed by atoms with Crippen molar-refractivity contribution < 1.29 is 28.7 Å². The number of nitrogens with one attached hydrogen (secondary N) is 1. The Labute approximate surface area is 245 Å². The van der Waals surface area contributed by atoms with Gasteiger partial charge in [0.25, 0.3) is 17.5 Å². The van der Waals surface area contributed by atoms with Gasteiger partial charge in [-0.15, -0.1) is 0 Å². The average molecular weight is 582 g/mol. The molecule has 0 aromatic heterocycles. The smallest absolute Gasteiger partial charge is 0.270 e. The van der Waals surface area contributed by atoms with E-state index in [0.717, 1.165) is 0 Å². The van der Waals surface area contributed by atoms with E-state index in [9.17, 15) is 19.7 Å². The molecule has 5 rings (SSSR count). The topological polar surface area (TPSA) is 120 Å². The zero-order chi connectivity index (χ0) is 29.6. The second-order valence-corrected chi connectivity index (χ2v) is 9.36. The molecule has 10 nitrogen and oxygen atoms in total. The number of non-ortho nitro benzene ring substituents is 1. The van der Waals surface area contributed by atoms with Gasteiger partial charge in [-0.1, -0.05) is 24.3 Å². The Morgan fingerprint density at radius 3 is 2.24 bits per heavy atom. The molecule has 1 heterocycles. The molecule has 0 bridgehead atoms. The van der Waals surface area contributed by atoms with Crippen LogP contribution in [0.1, 0.15) is 11.1 Å². The highest BCUT2D eigenvalue weighted by Crippen LogP contribution is 2.28. The zero-order valence-corrected chi connectivity index (χ0v) is 23.0. The summed E-state index contributed by atoms with van der Waals surface area (Å²) in [5, 5.41) is 13.4. The molecule has 4 aromatic carbocycles. The molecular weight excluding hydrogens is 558 g/mol. The second-order valence-electron chi connectivity index (χ2n) is 8.98. The molecule has 0 atom stereocenters. The van der Waals surface area contributed by atoms with E-state index >= 15 is 0 Å². The SMILES string of the molecule is COc1ccc(C=C2C(=O)NC(=S)N(c3ccc(Oc4ccccc4)cc3)C2=O)cc1COc1ccc([N+](=O)[O-])cc1. The minimum absolute atomic E-state index is 0.0363. The van der Waals surface area contributed by atoms with Crippen molar-refractivity contribution in [3.8, 4) is 23.0 Å². The summed E-state index contributed by atoms with van der Waals surface area (Å²) in [6.07, 6.45) is 1.47. The maximum Gasteiger partial charge on any atom is 0.270 e. The fourth-order valence-electron chi connectivity index (χ4n) is 4.17. The lowest BCUT2D eigenvalue weighted by Crippen LogP contribution is -2.54. The van der Waals surface area contributed by atoms with Gasteiger partial charge in [0.15, 0.2) is 5.11 Å². The largest absolute Gasteiger partial charge is 0.496 e. The summed E-state index contributed by atoms with van der Waals surface area (Å²) in [4.78, 5) is 38.0. The van der Waals surface area contributed by atoms with Gasteiger partial charge in [0, 0.05) is 17.7 Å². The Balaban J connectivity index is 1.35. The predicted molar refractivity (Wildman–Crippen MR) is 160 cm³/mol. The van der Waals surface area contributed by atoms with Crippen molar-refractivity contribution in [2.75, 3.05) is 12.0 Å². The molecule has 1 fully saturated rings. The second kappa shape index (κ2) is 12.3. The number of nitrogens with zero attached hydrogens (tertiary/aromatic N) is 2. The summed E-state index contributed by atoms with van der Waals surface area (Å²) >= 11 is 5.32. The van der Waals surface area contributed by atoms with E-state index in [4.69, 9.17) is 26.4 Å². The highest BCUT2D eigenvalue weighted by molar-refractivity contribution is 7.80. The molecule has 0 unspecified atom stereocenters. The minimum Gasteiger partial charge on any atom is -0.496 e. The number of thiocarbonyl (C=S) groups is 1. The summed E-state index contributed by atoms with van der Waals surface area (Å²) in [7, 11) is 1.51. The molecule has 1 aliphatic rings. The van der Waals surface area contributed by atoms with E-state index in [2.05, 4.69) is 5.32 Å². The lowest BCUT2D eigenvalue weighted by Gasteiger charge is -2.29. The summed E-state index contributed by atoms with van der Waals surface area (Å²) < 4.78 is 17.0. The third kappa shape index (κ3) is 6.26. The van der Waals surface area contributed by atoms with Gasteiger partial charge in [-0.3, -0.25) is 29.9 Å². The van der Waals surface area contributed by atoms with Crippen LogP contribution >= 0.6 is 12.2 Å². The van der Waals surface area contributed by atoms with Gasteiger partial charge in [0.2, 0.25) is 0 Å². The van der Waals surface area contributed by atoms with Crippen LogP contribution in [0.4, 0.5) is 11.4 Å². The van der Waals surface area contributed by atoms with Crippen LogP contribution in [0, 0.1) is 10.1 Å². The number of ether oxygens (including phenoxy) is 3.